The van der Waals surface area contributed by atoms with Crippen LogP contribution in [0.5, 0.6) is 0 Å². The lowest BCUT2D eigenvalue weighted by Gasteiger charge is -2.21. The smallest absolute Gasteiger partial charge is 0.160 e. The van der Waals surface area contributed by atoms with E-state index < -0.39 is 0 Å². The van der Waals surface area contributed by atoms with Crippen molar-refractivity contribution >= 4 is 31.5 Å². The average Bonchev–Trinajstić information content (AvgIpc) is 3.85. The molecule has 12 rings (SSSR count). The Balaban J connectivity index is 1.01. The Hall–Kier alpha value is -7.72. The molecule has 64 heavy (non-hydrogen) atoms. The lowest BCUT2D eigenvalue weighted by Crippen LogP contribution is -2.14. The molecule has 2 nitrogen and oxygen atoms in total. The van der Waals surface area contributed by atoms with Gasteiger partial charge in [0.05, 0.1) is 11.4 Å². The maximum atomic E-state index is 5.35. The van der Waals surface area contributed by atoms with Crippen LogP contribution in [0.2, 0.25) is 0 Å². The van der Waals surface area contributed by atoms with Gasteiger partial charge in [-0.25, -0.2) is 9.97 Å². The molecule has 0 unspecified atom stereocenters. The van der Waals surface area contributed by atoms with Gasteiger partial charge < -0.3 is 0 Å². The highest BCUT2D eigenvalue weighted by atomic mass is 32.1. The first-order chi connectivity index (χ1) is 31.4. The minimum Gasteiger partial charge on any atom is -0.228 e. The van der Waals surface area contributed by atoms with Crippen molar-refractivity contribution in [3.05, 3.63) is 230 Å². The molecule has 2 heterocycles. The molecule has 0 N–H and O–H groups in total. The predicted molar refractivity (Wildman–Crippen MR) is 271 cm³/mol. The summed E-state index contributed by atoms with van der Waals surface area (Å²) >= 11 is 1.85. The average molecular weight is 835 g/mol. The van der Waals surface area contributed by atoms with Crippen LogP contribution < -0.4 is 0 Å². The second-order valence-corrected chi connectivity index (χ2v) is 18.4. The van der Waals surface area contributed by atoms with E-state index in [4.69, 9.17) is 9.97 Å². The van der Waals surface area contributed by atoms with Crippen molar-refractivity contribution in [3.8, 4) is 89.5 Å². The molecule has 0 fully saturated rings. The van der Waals surface area contributed by atoms with Gasteiger partial charge in [0.15, 0.2) is 5.82 Å². The van der Waals surface area contributed by atoms with Crippen LogP contribution in [0.1, 0.15) is 25.0 Å². The normalized spacial score (nSPS) is 12.7. The fourth-order valence-electron chi connectivity index (χ4n) is 9.80. The zero-order valence-electron chi connectivity index (χ0n) is 35.6. The SMILES string of the molecule is CC1(C)c2ccccc2-c2c(-c3ccc(-c4cc(-c5cc(-c6cccc(-c7ccccc7)c6)cc(-c6ccc7sc8ccccc8c7c6)c5)nc(-c5ccccc5)n4)cc3)cccc21. The van der Waals surface area contributed by atoms with Gasteiger partial charge in [-0.15, -0.1) is 11.3 Å². The number of thiophene rings is 1. The van der Waals surface area contributed by atoms with Crippen LogP contribution in [0.4, 0.5) is 0 Å². The molecule has 3 heteroatoms. The summed E-state index contributed by atoms with van der Waals surface area (Å²) in [6, 6.07) is 79.2. The number of rotatable bonds is 7. The van der Waals surface area contributed by atoms with Gasteiger partial charge >= 0.3 is 0 Å². The Kier molecular flexibility index (Phi) is 9.06. The first kappa shape index (κ1) is 38.0. The highest BCUT2D eigenvalue weighted by molar-refractivity contribution is 7.25. The van der Waals surface area contributed by atoms with Crippen LogP contribution in [0.3, 0.4) is 0 Å². The Bertz CT molecular complexity index is 3560. The lowest BCUT2D eigenvalue weighted by atomic mass is 9.82. The summed E-state index contributed by atoms with van der Waals surface area (Å²) in [6.45, 7) is 4.68. The molecule has 0 spiro atoms. The fraction of sp³-hybridized carbons (Fsp3) is 0.0492. The van der Waals surface area contributed by atoms with Gasteiger partial charge in [-0.05, 0) is 115 Å². The van der Waals surface area contributed by atoms with Gasteiger partial charge in [-0.2, -0.15) is 0 Å². The molecular weight excluding hydrogens is 793 g/mol. The number of nitrogens with zero attached hydrogens (tertiary/aromatic N) is 2. The van der Waals surface area contributed by atoms with Crippen molar-refractivity contribution in [1.82, 2.24) is 9.97 Å². The summed E-state index contributed by atoms with van der Waals surface area (Å²) in [6.07, 6.45) is 0. The fourth-order valence-corrected chi connectivity index (χ4v) is 10.9. The van der Waals surface area contributed by atoms with Crippen LogP contribution in [0.15, 0.2) is 218 Å². The van der Waals surface area contributed by atoms with Crippen molar-refractivity contribution < 1.29 is 0 Å². The Morgan fingerprint density at radius 2 is 0.844 bits per heavy atom. The van der Waals surface area contributed by atoms with Gasteiger partial charge in [0.2, 0.25) is 0 Å². The molecule has 0 saturated carbocycles. The standard InChI is InChI=1S/C61H42N2S/c1-61(2)53-24-11-9-22-51(53)59-49(23-14-25-54(59)61)40-27-29-41(30-28-40)55-38-56(63-60(62-55)42-17-7-4-8-18-42)48-35-46(44-20-13-19-43(33-44)39-15-5-3-6-16-39)34-47(36-48)45-31-32-58-52(37-45)50-21-10-12-26-57(50)64-58/h3-38H,1-2H3. The minimum atomic E-state index is -0.0556. The van der Waals surface area contributed by atoms with Crippen LogP contribution in [0.25, 0.3) is 110 Å². The van der Waals surface area contributed by atoms with Crippen LogP contribution >= 0.6 is 11.3 Å². The maximum absolute atomic E-state index is 5.35. The third kappa shape index (κ3) is 6.56. The van der Waals surface area contributed by atoms with E-state index in [-0.39, 0.29) is 5.41 Å². The Morgan fingerprint density at radius 1 is 0.328 bits per heavy atom. The molecule has 0 bridgehead atoms. The summed E-state index contributed by atoms with van der Waals surface area (Å²) in [7, 11) is 0. The monoisotopic (exact) mass is 834 g/mol. The first-order valence-electron chi connectivity index (χ1n) is 22.0. The molecule has 9 aromatic carbocycles. The maximum Gasteiger partial charge on any atom is 0.160 e. The van der Waals surface area contributed by atoms with E-state index in [9.17, 15) is 0 Å². The minimum absolute atomic E-state index is 0.0556. The molecule has 0 saturated heterocycles. The molecule has 11 aromatic rings. The number of fused-ring (bicyclic) bond motifs is 6. The van der Waals surface area contributed by atoms with Crippen molar-refractivity contribution in [1.29, 1.82) is 0 Å². The van der Waals surface area contributed by atoms with Gasteiger partial charge in [0.25, 0.3) is 0 Å². The molecule has 302 valence electrons. The molecule has 1 aliphatic rings. The summed E-state index contributed by atoms with van der Waals surface area (Å²) in [5.74, 6) is 0.695. The molecule has 0 radical (unpaired) electrons. The van der Waals surface area contributed by atoms with Crippen molar-refractivity contribution in [2.24, 2.45) is 0 Å². The molecule has 1 aliphatic carbocycles. The van der Waals surface area contributed by atoms with Crippen molar-refractivity contribution in [3.63, 3.8) is 0 Å². The third-order valence-electron chi connectivity index (χ3n) is 13.1. The molecular formula is C61H42N2S. The van der Waals surface area contributed by atoms with Crippen LogP contribution in [-0.4, -0.2) is 9.97 Å². The van der Waals surface area contributed by atoms with E-state index in [0.717, 1.165) is 44.8 Å². The first-order valence-corrected chi connectivity index (χ1v) is 22.8. The number of benzene rings is 9. The molecule has 0 atom stereocenters. The zero-order chi connectivity index (χ0) is 42.8. The largest absolute Gasteiger partial charge is 0.228 e. The van der Waals surface area contributed by atoms with Crippen LogP contribution in [-0.2, 0) is 5.41 Å². The van der Waals surface area contributed by atoms with Gasteiger partial charge in [0.1, 0.15) is 0 Å². The molecule has 2 aromatic heterocycles. The van der Waals surface area contributed by atoms with Gasteiger partial charge in [0, 0.05) is 42.3 Å². The van der Waals surface area contributed by atoms with Crippen molar-refractivity contribution in [2.45, 2.75) is 19.3 Å². The van der Waals surface area contributed by atoms with Gasteiger partial charge in [-0.1, -0.05) is 184 Å². The summed E-state index contributed by atoms with van der Waals surface area (Å²) < 4.78 is 2.60. The summed E-state index contributed by atoms with van der Waals surface area (Å²) in [5, 5.41) is 2.57. The predicted octanol–water partition coefficient (Wildman–Crippen LogP) is 16.8. The van der Waals surface area contributed by atoms with E-state index in [0.29, 0.717) is 5.82 Å². The molecule has 0 aliphatic heterocycles. The number of aromatic nitrogens is 2. The van der Waals surface area contributed by atoms with E-state index >= 15 is 0 Å². The Morgan fingerprint density at radius 3 is 1.62 bits per heavy atom. The quantitative estimate of drug-likeness (QED) is 0.160. The van der Waals surface area contributed by atoms with E-state index in [1.807, 2.05) is 17.4 Å². The van der Waals surface area contributed by atoms with Gasteiger partial charge in [-0.3, -0.25) is 0 Å². The number of hydrogen-bond acceptors (Lipinski definition) is 3. The van der Waals surface area contributed by atoms with Crippen LogP contribution in [0, 0.1) is 0 Å². The topological polar surface area (TPSA) is 25.8 Å². The summed E-state index contributed by atoms with van der Waals surface area (Å²) in [5.41, 5.74) is 19.6. The summed E-state index contributed by atoms with van der Waals surface area (Å²) in [4.78, 5) is 10.6. The highest BCUT2D eigenvalue weighted by Gasteiger charge is 2.36. The van der Waals surface area contributed by atoms with E-state index in [1.54, 1.807) is 0 Å². The van der Waals surface area contributed by atoms with Crippen molar-refractivity contribution in [2.75, 3.05) is 0 Å². The zero-order valence-corrected chi connectivity index (χ0v) is 36.4. The lowest BCUT2D eigenvalue weighted by molar-refractivity contribution is 0.660. The second-order valence-electron chi connectivity index (χ2n) is 17.4. The second kappa shape index (κ2) is 15.3. The van der Waals surface area contributed by atoms with E-state index in [1.165, 1.54) is 70.2 Å². The molecule has 0 amide bonds. The number of hydrogen-bond donors (Lipinski definition) is 0. The third-order valence-corrected chi connectivity index (χ3v) is 14.3. The van der Waals surface area contributed by atoms with E-state index in [2.05, 4.69) is 226 Å². The highest BCUT2D eigenvalue weighted by Crippen LogP contribution is 2.52. The Labute approximate surface area is 377 Å².